The number of allylic oxidation sites excluding steroid dienone is 7. The minimum atomic E-state index is 0.330. The Labute approximate surface area is 149 Å². The first-order valence-corrected chi connectivity index (χ1v) is 8.95. The zero-order valence-corrected chi connectivity index (χ0v) is 14.1. The van der Waals surface area contributed by atoms with Gasteiger partial charge in [0.05, 0.1) is 0 Å². The van der Waals surface area contributed by atoms with Crippen LogP contribution >= 0.6 is 0 Å². The fourth-order valence-corrected chi connectivity index (χ4v) is 4.45. The van der Waals surface area contributed by atoms with E-state index in [0.29, 0.717) is 17.8 Å². The van der Waals surface area contributed by atoms with Crippen LogP contribution in [0.5, 0.6) is 0 Å². The van der Waals surface area contributed by atoms with E-state index in [1.807, 2.05) is 0 Å². The van der Waals surface area contributed by atoms with Crippen LogP contribution in [0.15, 0.2) is 96.6 Å². The third kappa shape index (κ3) is 2.21. The van der Waals surface area contributed by atoms with Gasteiger partial charge in [-0.3, -0.25) is 0 Å². The van der Waals surface area contributed by atoms with Gasteiger partial charge < -0.3 is 0 Å². The number of hydrogen-bond donors (Lipinski definition) is 0. The van der Waals surface area contributed by atoms with Crippen molar-refractivity contribution in [3.8, 4) is 0 Å². The van der Waals surface area contributed by atoms with Crippen LogP contribution in [0.3, 0.4) is 0 Å². The average Bonchev–Trinajstić information content (AvgIpc) is 3.26. The lowest BCUT2D eigenvalue weighted by Gasteiger charge is -2.29. The van der Waals surface area contributed by atoms with Crippen molar-refractivity contribution >= 4 is 12.2 Å². The van der Waals surface area contributed by atoms with Crippen LogP contribution in [0.1, 0.15) is 34.1 Å². The standard InChI is InChI=1S/C25H20/c1-17-20(24-15-13-18-7-2-4-9-22(18)24)11-6-12-21(17)25-16-14-19-8-3-5-10-23(19)25/h2-16,20,24-25H,1H2. The predicted octanol–water partition coefficient (Wildman–Crippen LogP) is 6.28. The van der Waals surface area contributed by atoms with E-state index in [1.165, 1.54) is 33.4 Å². The molecule has 5 rings (SSSR count). The molecule has 0 heteroatoms. The summed E-state index contributed by atoms with van der Waals surface area (Å²) in [6.45, 7) is 4.52. The number of benzene rings is 2. The molecular formula is C25H20. The average molecular weight is 320 g/mol. The van der Waals surface area contributed by atoms with Crippen molar-refractivity contribution in [3.05, 3.63) is 119 Å². The summed E-state index contributed by atoms with van der Waals surface area (Å²) < 4.78 is 0. The van der Waals surface area contributed by atoms with Crippen molar-refractivity contribution in [2.45, 2.75) is 11.8 Å². The van der Waals surface area contributed by atoms with Gasteiger partial charge in [0.1, 0.15) is 0 Å². The molecule has 2 aromatic carbocycles. The Morgan fingerprint density at radius 1 is 0.680 bits per heavy atom. The molecule has 0 spiro atoms. The van der Waals surface area contributed by atoms with Crippen molar-refractivity contribution < 1.29 is 0 Å². The maximum absolute atomic E-state index is 4.52. The minimum absolute atomic E-state index is 0.330. The molecule has 3 aliphatic carbocycles. The van der Waals surface area contributed by atoms with Gasteiger partial charge in [0.2, 0.25) is 0 Å². The summed E-state index contributed by atoms with van der Waals surface area (Å²) in [5.74, 6) is 1.06. The molecule has 0 nitrogen and oxygen atoms in total. The van der Waals surface area contributed by atoms with Gasteiger partial charge in [-0.2, -0.15) is 0 Å². The van der Waals surface area contributed by atoms with E-state index in [9.17, 15) is 0 Å². The highest BCUT2D eigenvalue weighted by molar-refractivity contribution is 5.68. The van der Waals surface area contributed by atoms with Gasteiger partial charge in [-0.15, -0.1) is 0 Å². The van der Waals surface area contributed by atoms with E-state index in [0.717, 1.165) is 0 Å². The highest BCUT2D eigenvalue weighted by atomic mass is 14.3. The van der Waals surface area contributed by atoms with Crippen LogP contribution in [-0.2, 0) is 0 Å². The third-order valence-corrected chi connectivity index (χ3v) is 5.73. The van der Waals surface area contributed by atoms with Gasteiger partial charge in [-0.05, 0) is 33.4 Å². The first-order chi connectivity index (χ1) is 12.3. The molecule has 0 aliphatic heterocycles. The molecule has 3 aliphatic rings. The predicted molar refractivity (Wildman–Crippen MR) is 106 cm³/mol. The van der Waals surface area contributed by atoms with Gasteiger partial charge in [-0.1, -0.05) is 97.6 Å². The second kappa shape index (κ2) is 5.60. The van der Waals surface area contributed by atoms with Crippen LogP contribution < -0.4 is 0 Å². The van der Waals surface area contributed by atoms with Crippen molar-refractivity contribution in [1.82, 2.24) is 0 Å². The first-order valence-electron chi connectivity index (χ1n) is 8.95. The molecule has 0 N–H and O–H groups in total. The van der Waals surface area contributed by atoms with Gasteiger partial charge in [0, 0.05) is 17.8 Å². The molecule has 0 fully saturated rings. The highest BCUT2D eigenvalue weighted by Gasteiger charge is 2.32. The van der Waals surface area contributed by atoms with Crippen molar-refractivity contribution in [3.63, 3.8) is 0 Å². The Balaban J connectivity index is 1.49. The van der Waals surface area contributed by atoms with E-state index >= 15 is 0 Å². The molecule has 25 heavy (non-hydrogen) atoms. The third-order valence-electron chi connectivity index (χ3n) is 5.73. The molecule has 0 heterocycles. The zero-order chi connectivity index (χ0) is 16.8. The maximum Gasteiger partial charge on any atom is 0.0281 e. The molecular weight excluding hydrogens is 300 g/mol. The van der Waals surface area contributed by atoms with E-state index in [4.69, 9.17) is 0 Å². The quantitative estimate of drug-likeness (QED) is 0.611. The Morgan fingerprint density at radius 3 is 2.20 bits per heavy atom. The summed E-state index contributed by atoms with van der Waals surface area (Å²) in [7, 11) is 0. The van der Waals surface area contributed by atoms with E-state index in [-0.39, 0.29) is 0 Å². The zero-order valence-electron chi connectivity index (χ0n) is 14.1. The first kappa shape index (κ1) is 14.5. The summed E-state index contributed by atoms with van der Waals surface area (Å²) >= 11 is 0. The smallest absolute Gasteiger partial charge is 0.0281 e. The second-order valence-corrected chi connectivity index (χ2v) is 7.04. The summed E-state index contributed by atoms with van der Waals surface area (Å²) in [5.41, 5.74) is 8.09. The molecule has 0 amide bonds. The lowest BCUT2D eigenvalue weighted by Crippen LogP contribution is -2.16. The van der Waals surface area contributed by atoms with Crippen LogP contribution in [-0.4, -0.2) is 0 Å². The Kier molecular flexibility index (Phi) is 3.24. The molecule has 120 valence electrons. The van der Waals surface area contributed by atoms with Crippen molar-refractivity contribution in [1.29, 1.82) is 0 Å². The largest absolute Gasteiger partial charge is 0.0949 e. The van der Waals surface area contributed by atoms with Crippen LogP contribution in [0.25, 0.3) is 12.2 Å². The highest BCUT2D eigenvalue weighted by Crippen LogP contribution is 2.47. The number of rotatable bonds is 2. The lowest BCUT2D eigenvalue weighted by atomic mass is 9.74. The van der Waals surface area contributed by atoms with Gasteiger partial charge in [0.25, 0.3) is 0 Å². The molecule has 0 saturated carbocycles. The second-order valence-electron chi connectivity index (χ2n) is 7.04. The van der Waals surface area contributed by atoms with E-state index in [1.54, 1.807) is 0 Å². The Morgan fingerprint density at radius 2 is 1.36 bits per heavy atom. The normalized spacial score (nSPS) is 25.8. The van der Waals surface area contributed by atoms with E-state index in [2.05, 4.69) is 97.6 Å². The topological polar surface area (TPSA) is 0 Å². The van der Waals surface area contributed by atoms with Crippen molar-refractivity contribution in [2.24, 2.45) is 5.92 Å². The monoisotopic (exact) mass is 320 g/mol. The maximum atomic E-state index is 4.52. The number of hydrogen-bond acceptors (Lipinski definition) is 0. The molecule has 3 unspecified atom stereocenters. The molecule has 0 bridgehead atoms. The molecule has 0 saturated heterocycles. The molecule has 3 atom stereocenters. The van der Waals surface area contributed by atoms with Gasteiger partial charge >= 0.3 is 0 Å². The summed E-state index contributed by atoms with van der Waals surface area (Å²) in [5, 5.41) is 0. The van der Waals surface area contributed by atoms with Gasteiger partial charge in [-0.25, -0.2) is 0 Å². The van der Waals surface area contributed by atoms with Crippen LogP contribution in [0.2, 0.25) is 0 Å². The van der Waals surface area contributed by atoms with Crippen molar-refractivity contribution in [2.75, 3.05) is 0 Å². The summed E-state index contributed by atoms with van der Waals surface area (Å²) in [6, 6.07) is 17.4. The molecule has 0 radical (unpaired) electrons. The summed E-state index contributed by atoms with van der Waals surface area (Å²) in [6.07, 6.45) is 15.9. The molecule has 2 aromatic rings. The Hall–Kier alpha value is -2.86. The van der Waals surface area contributed by atoms with E-state index < -0.39 is 0 Å². The fraction of sp³-hybridized carbons (Fsp3) is 0.120. The fourth-order valence-electron chi connectivity index (χ4n) is 4.45. The lowest BCUT2D eigenvalue weighted by molar-refractivity contribution is 0.671. The minimum Gasteiger partial charge on any atom is -0.0949 e. The SMILES string of the molecule is C=C1C(C2C=Cc3ccccc32)=CC=CC1C1C=Cc2ccccc21. The molecule has 0 aromatic heterocycles. The Bertz CT molecular complexity index is 981. The number of fused-ring (bicyclic) bond motifs is 2. The van der Waals surface area contributed by atoms with Gasteiger partial charge in [0.15, 0.2) is 0 Å². The van der Waals surface area contributed by atoms with Crippen LogP contribution in [0.4, 0.5) is 0 Å². The van der Waals surface area contributed by atoms with Crippen LogP contribution in [0, 0.1) is 5.92 Å². The summed E-state index contributed by atoms with van der Waals surface area (Å²) in [4.78, 5) is 0.